The van der Waals surface area contributed by atoms with E-state index >= 15 is 0 Å². The lowest BCUT2D eigenvalue weighted by molar-refractivity contribution is -0.126. The standard InChI is InChI=1S/C23H32F2N8O/c1-26-21-29-22(31-23(30-21)33-11-9-32(2)10-12-33)28-17-6-4-16(5-7-17)20(34)27-14-15-3-8-18(24)19(25)13-15/h3,8,13,16-17H,4-7,9-12,14H2,1-2H3,(H,27,34)(H2,26,28,29,30,31)/t16-,17+. The van der Waals surface area contributed by atoms with Crippen molar-refractivity contribution in [2.75, 3.05) is 55.8 Å². The number of hydrogen-bond donors (Lipinski definition) is 3. The molecule has 0 spiro atoms. The largest absolute Gasteiger partial charge is 0.357 e. The van der Waals surface area contributed by atoms with Gasteiger partial charge in [0.2, 0.25) is 23.8 Å². The van der Waals surface area contributed by atoms with E-state index < -0.39 is 11.6 Å². The number of carbonyl (C=O) groups is 1. The number of carbonyl (C=O) groups excluding carboxylic acids is 1. The van der Waals surface area contributed by atoms with Crippen LogP contribution in [0, 0.1) is 17.6 Å². The number of nitrogens with zero attached hydrogens (tertiary/aromatic N) is 5. The van der Waals surface area contributed by atoms with E-state index in [0.717, 1.165) is 64.0 Å². The van der Waals surface area contributed by atoms with E-state index in [1.165, 1.54) is 6.07 Å². The topological polar surface area (TPSA) is 98.3 Å². The van der Waals surface area contributed by atoms with Gasteiger partial charge in [-0.1, -0.05) is 6.07 Å². The fourth-order valence-corrected chi connectivity index (χ4v) is 4.35. The molecule has 1 aromatic heterocycles. The SMILES string of the molecule is CNc1nc(N[C@H]2CC[C@@H](C(=O)NCc3ccc(F)c(F)c3)CC2)nc(N2CCN(C)CC2)n1. The summed E-state index contributed by atoms with van der Waals surface area (Å²) in [6, 6.07) is 3.83. The normalized spacial score (nSPS) is 21.2. The van der Waals surface area contributed by atoms with Crippen LogP contribution < -0.4 is 20.9 Å². The zero-order valence-corrected chi connectivity index (χ0v) is 19.7. The molecule has 34 heavy (non-hydrogen) atoms. The lowest BCUT2D eigenvalue weighted by Gasteiger charge is -2.33. The molecule has 3 N–H and O–H groups in total. The van der Waals surface area contributed by atoms with Gasteiger partial charge in [-0.05, 0) is 50.4 Å². The maximum Gasteiger partial charge on any atom is 0.232 e. The predicted octanol–water partition coefficient (Wildman–Crippen LogP) is 2.23. The second-order valence-electron chi connectivity index (χ2n) is 8.98. The van der Waals surface area contributed by atoms with Crippen LogP contribution >= 0.6 is 0 Å². The summed E-state index contributed by atoms with van der Waals surface area (Å²) in [6.07, 6.45) is 3.09. The second-order valence-corrected chi connectivity index (χ2v) is 8.98. The number of rotatable bonds is 7. The average Bonchev–Trinajstić information content (AvgIpc) is 2.85. The highest BCUT2D eigenvalue weighted by Crippen LogP contribution is 2.27. The lowest BCUT2D eigenvalue weighted by Crippen LogP contribution is -2.45. The smallest absolute Gasteiger partial charge is 0.232 e. The van der Waals surface area contributed by atoms with E-state index in [1.54, 1.807) is 7.05 Å². The van der Waals surface area contributed by atoms with Crippen molar-refractivity contribution < 1.29 is 13.6 Å². The Morgan fingerprint density at radius 1 is 1.00 bits per heavy atom. The van der Waals surface area contributed by atoms with Gasteiger partial charge in [-0.25, -0.2) is 8.78 Å². The van der Waals surface area contributed by atoms with Crippen LogP contribution in [-0.2, 0) is 11.3 Å². The summed E-state index contributed by atoms with van der Waals surface area (Å²) in [5.74, 6) is -0.226. The van der Waals surface area contributed by atoms with Crippen LogP contribution in [0.3, 0.4) is 0 Å². The molecule has 1 aromatic carbocycles. The number of amides is 1. The molecule has 0 bridgehead atoms. The maximum atomic E-state index is 13.4. The summed E-state index contributed by atoms with van der Waals surface area (Å²) >= 11 is 0. The highest BCUT2D eigenvalue weighted by atomic mass is 19.2. The molecule has 1 amide bonds. The van der Waals surface area contributed by atoms with Crippen LogP contribution in [0.4, 0.5) is 26.6 Å². The first-order valence-electron chi connectivity index (χ1n) is 11.8. The number of likely N-dealkylation sites (N-methyl/N-ethyl adjacent to an activating group) is 1. The van der Waals surface area contributed by atoms with Crippen molar-refractivity contribution in [1.82, 2.24) is 25.2 Å². The Kier molecular flexibility index (Phi) is 7.71. The van der Waals surface area contributed by atoms with Gasteiger partial charge in [-0.2, -0.15) is 15.0 Å². The minimum absolute atomic E-state index is 0.0573. The van der Waals surface area contributed by atoms with E-state index in [0.29, 0.717) is 23.4 Å². The quantitative estimate of drug-likeness (QED) is 0.562. The van der Waals surface area contributed by atoms with Crippen molar-refractivity contribution in [3.8, 4) is 0 Å². The van der Waals surface area contributed by atoms with Crippen molar-refractivity contribution in [2.24, 2.45) is 5.92 Å². The van der Waals surface area contributed by atoms with Crippen molar-refractivity contribution in [2.45, 2.75) is 38.3 Å². The van der Waals surface area contributed by atoms with Crippen LogP contribution in [0.1, 0.15) is 31.2 Å². The zero-order chi connectivity index (χ0) is 24.1. The molecular weight excluding hydrogens is 442 g/mol. The van der Waals surface area contributed by atoms with E-state index in [2.05, 4.69) is 47.7 Å². The van der Waals surface area contributed by atoms with Gasteiger partial charge in [0, 0.05) is 51.7 Å². The van der Waals surface area contributed by atoms with Crippen LogP contribution in [0.15, 0.2) is 18.2 Å². The Morgan fingerprint density at radius 2 is 1.71 bits per heavy atom. The molecule has 1 saturated carbocycles. The first kappa shape index (κ1) is 24.1. The van der Waals surface area contributed by atoms with Gasteiger partial charge in [0.05, 0.1) is 0 Å². The van der Waals surface area contributed by atoms with Gasteiger partial charge in [-0.15, -0.1) is 0 Å². The Labute approximate surface area is 198 Å². The third-order valence-electron chi connectivity index (χ3n) is 6.52. The molecule has 0 atom stereocenters. The van der Waals surface area contributed by atoms with Crippen molar-refractivity contribution in [1.29, 1.82) is 0 Å². The molecule has 2 fully saturated rings. The number of nitrogens with one attached hydrogen (secondary N) is 3. The molecular formula is C23H32F2N8O. The third kappa shape index (κ3) is 6.07. The van der Waals surface area contributed by atoms with Gasteiger partial charge in [0.25, 0.3) is 0 Å². The molecule has 1 saturated heterocycles. The number of hydrogen-bond acceptors (Lipinski definition) is 8. The van der Waals surface area contributed by atoms with Crippen molar-refractivity contribution in [3.63, 3.8) is 0 Å². The molecule has 4 rings (SSSR count). The van der Waals surface area contributed by atoms with Gasteiger partial charge >= 0.3 is 0 Å². The van der Waals surface area contributed by atoms with E-state index in [9.17, 15) is 13.6 Å². The maximum absolute atomic E-state index is 13.4. The minimum Gasteiger partial charge on any atom is -0.357 e. The number of benzene rings is 1. The summed E-state index contributed by atoms with van der Waals surface area (Å²) in [5, 5.41) is 9.28. The highest BCUT2D eigenvalue weighted by Gasteiger charge is 2.27. The van der Waals surface area contributed by atoms with Gasteiger partial charge in [0.1, 0.15) is 0 Å². The minimum atomic E-state index is -0.908. The summed E-state index contributed by atoms with van der Waals surface area (Å²) in [5.41, 5.74) is 0.536. The molecule has 2 aliphatic rings. The molecule has 11 heteroatoms. The Morgan fingerprint density at radius 3 is 2.38 bits per heavy atom. The summed E-state index contributed by atoms with van der Waals surface area (Å²) in [6.45, 7) is 3.85. The van der Waals surface area contributed by atoms with Crippen molar-refractivity contribution >= 4 is 23.8 Å². The first-order valence-corrected chi connectivity index (χ1v) is 11.8. The van der Waals surface area contributed by atoms with E-state index in [4.69, 9.17) is 0 Å². The first-order chi connectivity index (χ1) is 16.4. The third-order valence-corrected chi connectivity index (χ3v) is 6.52. The lowest BCUT2D eigenvalue weighted by atomic mass is 9.85. The van der Waals surface area contributed by atoms with Crippen molar-refractivity contribution in [3.05, 3.63) is 35.4 Å². The predicted molar refractivity (Wildman–Crippen MR) is 127 cm³/mol. The van der Waals surface area contributed by atoms with Gasteiger partial charge in [0.15, 0.2) is 11.6 Å². The number of halogens is 2. The molecule has 184 valence electrons. The summed E-state index contributed by atoms with van der Waals surface area (Å²) < 4.78 is 26.4. The van der Waals surface area contributed by atoms with E-state index in [1.807, 2.05) is 0 Å². The molecule has 2 aromatic rings. The molecule has 0 radical (unpaired) electrons. The van der Waals surface area contributed by atoms with Gasteiger partial charge < -0.3 is 25.8 Å². The Bertz CT molecular complexity index is 991. The molecule has 9 nitrogen and oxygen atoms in total. The van der Waals surface area contributed by atoms with E-state index in [-0.39, 0.29) is 24.4 Å². The number of aromatic nitrogens is 3. The zero-order valence-electron chi connectivity index (χ0n) is 19.7. The van der Waals surface area contributed by atoms with Crippen LogP contribution in [0.5, 0.6) is 0 Å². The average molecular weight is 475 g/mol. The molecule has 0 unspecified atom stereocenters. The Hall–Kier alpha value is -3.08. The second kappa shape index (κ2) is 10.9. The number of piperazine rings is 1. The van der Waals surface area contributed by atoms with Crippen LogP contribution in [0.25, 0.3) is 0 Å². The summed E-state index contributed by atoms with van der Waals surface area (Å²) in [7, 11) is 3.90. The fraction of sp³-hybridized carbons (Fsp3) is 0.565. The number of anilines is 3. The van der Waals surface area contributed by atoms with Crippen LogP contribution in [-0.4, -0.2) is 72.1 Å². The monoisotopic (exact) mass is 474 g/mol. The molecule has 1 aliphatic heterocycles. The fourth-order valence-electron chi connectivity index (χ4n) is 4.35. The van der Waals surface area contributed by atoms with Crippen LogP contribution in [0.2, 0.25) is 0 Å². The summed E-state index contributed by atoms with van der Waals surface area (Å²) in [4.78, 5) is 30.7. The molecule has 1 aliphatic carbocycles. The Balaban J connectivity index is 1.29. The molecule has 2 heterocycles. The van der Waals surface area contributed by atoms with Gasteiger partial charge in [-0.3, -0.25) is 4.79 Å². The highest BCUT2D eigenvalue weighted by molar-refractivity contribution is 5.78.